The van der Waals surface area contributed by atoms with Gasteiger partial charge in [-0.05, 0) is 87.5 Å². The van der Waals surface area contributed by atoms with Gasteiger partial charge in [0.15, 0.2) is 0 Å². The SMILES string of the molecule is N#Cc1cc(-c2ccccc2)ccc1-c1cc(-c2ccc3c(c2)oc2ccccc23)cc(-c2cccc3c2oc2ccccc23)c1. The van der Waals surface area contributed by atoms with Crippen LogP contribution in [0.15, 0.2) is 160 Å². The predicted octanol–water partition coefficient (Wildman–Crippen LogP) is 12.0. The third-order valence-electron chi connectivity index (χ3n) is 8.92. The van der Waals surface area contributed by atoms with E-state index in [0.717, 1.165) is 88.4 Å². The summed E-state index contributed by atoms with van der Waals surface area (Å²) in [6, 6.07) is 54.3. The lowest BCUT2D eigenvalue weighted by atomic mass is 9.90. The van der Waals surface area contributed by atoms with Crippen molar-refractivity contribution in [2.75, 3.05) is 0 Å². The van der Waals surface area contributed by atoms with Gasteiger partial charge in [0.1, 0.15) is 22.3 Å². The Morgan fingerprint density at radius 2 is 0.978 bits per heavy atom. The fraction of sp³-hybridized carbons (Fsp3) is 0. The minimum atomic E-state index is 0.624. The zero-order valence-electron chi connectivity index (χ0n) is 24.7. The third kappa shape index (κ3) is 4.20. The van der Waals surface area contributed by atoms with E-state index in [9.17, 15) is 5.26 Å². The number of furan rings is 2. The molecule has 0 saturated carbocycles. The van der Waals surface area contributed by atoms with Crippen LogP contribution in [-0.4, -0.2) is 0 Å². The summed E-state index contributed by atoms with van der Waals surface area (Å²) in [6.45, 7) is 0. The molecule has 3 nitrogen and oxygen atoms in total. The second-order valence-corrected chi connectivity index (χ2v) is 11.6. The minimum absolute atomic E-state index is 0.624. The van der Waals surface area contributed by atoms with Crippen LogP contribution in [-0.2, 0) is 0 Å². The van der Waals surface area contributed by atoms with Crippen LogP contribution in [0.4, 0.5) is 0 Å². The number of hydrogen-bond donors (Lipinski definition) is 0. The lowest BCUT2D eigenvalue weighted by Crippen LogP contribution is -1.90. The van der Waals surface area contributed by atoms with Crippen molar-refractivity contribution in [3.63, 3.8) is 0 Å². The summed E-state index contributed by atoms with van der Waals surface area (Å²) in [5, 5.41) is 14.7. The monoisotopic (exact) mass is 587 g/mol. The Kier molecular flexibility index (Phi) is 5.88. The summed E-state index contributed by atoms with van der Waals surface area (Å²) in [6.07, 6.45) is 0. The molecule has 7 aromatic carbocycles. The summed E-state index contributed by atoms with van der Waals surface area (Å²) >= 11 is 0. The van der Waals surface area contributed by atoms with Gasteiger partial charge in [-0.25, -0.2) is 0 Å². The first kappa shape index (κ1) is 26.1. The van der Waals surface area contributed by atoms with E-state index in [0.29, 0.717) is 5.56 Å². The van der Waals surface area contributed by atoms with Gasteiger partial charge in [-0.3, -0.25) is 0 Å². The van der Waals surface area contributed by atoms with Crippen LogP contribution in [0.2, 0.25) is 0 Å². The standard InChI is InChI=1S/C43H25NO2/c44-26-33-21-28(27-9-2-1-3-10-27)17-19-34(33)31-22-30(29-18-20-38-36-11-4-6-15-40(36)45-42(38)25-29)23-32(24-31)35-13-8-14-39-37-12-5-7-16-41(37)46-43(35)39/h1-25H. The Hall–Kier alpha value is -6.37. The number of hydrogen-bond acceptors (Lipinski definition) is 3. The van der Waals surface area contributed by atoms with Crippen LogP contribution in [0.25, 0.3) is 88.4 Å². The van der Waals surface area contributed by atoms with Crippen molar-refractivity contribution in [3.8, 4) is 50.6 Å². The molecule has 0 atom stereocenters. The second-order valence-electron chi connectivity index (χ2n) is 11.6. The molecule has 0 fully saturated rings. The first-order chi connectivity index (χ1) is 22.7. The summed E-state index contributed by atoms with van der Waals surface area (Å²) in [4.78, 5) is 0. The molecule has 0 radical (unpaired) electrons. The van der Waals surface area contributed by atoms with Gasteiger partial charge < -0.3 is 8.83 Å². The first-order valence-corrected chi connectivity index (χ1v) is 15.3. The first-order valence-electron chi connectivity index (χ1n) is 15.3. The van der Waals surface area contributed by atoms with Gasteiger partial charge in [-0.15, -0.1) is 0 Å². The largest absolute Gasteiger partial charge is 0.456 e. The molecule has 0 unspecified atom stereocenters. The van der Waals surface area contributed by atoms with Crippen molar-refractivity contribution in [1.29, 1.82) is 5.26 Å². The molecule has 0 saturated heterocycles. The molecule has 2 heterocycles. The minimum Gasteiger partial charge on any atom is -0.456 e. The zero-order chi connectivity index (χ0) is 30.6. The van der Waals surface area contributed by atoms with Gasteiger partial charge >= 0.3 is 0 Å². The van der Waals surface area contributed by atoms with E-state index in [1.54, 1.807) is 0 Å². The Bertz CT molecular complexity index is 2650. The van der Waals surface area contributed by atoms with E-state index in [1.807, 2.05) is 60.7 Å². The van der Waals surface area contributed by atoms with E-state index >= 15 is 0 Å². The number of fused-ring (bicyclic) bond motifs is 6. The highest BCUT2D eigenvalue weighted by molar-refractivity contribution is 6.10. The van der Waals surface area contributed by atoms with E-state index in [2.05, 4.69) is 97.1 Å². The van der Waals surface area contributed by atoms with E-state index in [1.165, 1.54) is 0 Å². The average Bonchev–Trinajstić information content (AvgIpc) is 3.69. The van der Waals surface area contributed by atoms with E-state index in [-0.39, 0.29) is 0 Å². The third-order valence-corrected chi connectivity index (χ3v) is 8.92. The van der Waals surface area contributed by atoms with E-state index < -0.39 is 0 Å². The van der Waals surface area contributed by atoms with Gasteiger partial charge in [0.2, 0.25) is 0 Å². The van der Waals surface area contributed by atoms with Gasteiger partial charge in [0, 0.05) is 27.1 Å². The molecule has 46 heavy (non-hydrogen) atoms. The summed E-state index contributed by atoms with van der Waals surface area (Å²) < 4.78 is 12.7. The molecule has 0 amide bonds. The Morgan fingerprint density at radius 3 is 1.78 bits per heavy atom. The molecule has 9 aromatic rings. The van der Waals surface area contributed by atoms with Gasteiger partial charge in [0.25, 0.3) is 0 Å². The molecule has 0 N–H and O–H groups in total. The normalized spacial score (nSPS) is 11.5. The average molecular weight is 588 g/mol. The fourth-order valence-corrected chi connectivity index (χ4v) is 6.68. The maximum absolute atomic E-state index is 10.4. The molecule has 0 bridgehead atoms. The summed E-state index contributed by atoms with van der Waals surface area (Å²) in [5.74, 6) is 0. The predicted molar refractivity (Wildman–Crippen MR) is 187 cm³/mol. The molecule has 0 aliphatic heterocycles. The Morgan fingerprint density at radius 1 is 0.370 bits per heavy atom. The maximum Gasteiger partial charge on any atom is 0.143 e. The van der Waals surface area contributed by atoms with Crippen molar-refractivity contribution < 1.29 is 8.83 Å². The molecule has 0 aliphatic carbocycles. The van der Waals surface area contributed by atoms with Crippen LogP contribution in [0, 0.1) is 11.3 Å². The number of benzene rings is 7. The van der Waals surface area contributed by atoms with Gasteiger partial charge in [0.05, 0.1) is 11.6 Å². The molecule has 0 spiro atoms. The molecule has 9 rings (SSSR count). The molecular weight excluding hydrogens is 562 g/mol. The molecule has 214 valence electrons. The number of nitriles is 1. The zero-order valence-corrected chi connectivity index (χ0v) is 24.7. The highest BCUT2D eigenvalue weighted by Crippen LogP contribution is 2.41. The van der Waals surface area contributed by atoms with Crippen molar-refractivity contribution >= 4 is 43.9 Å². The molecular formula is C43H25NO2. The van der Waals surface area contributed by atoms with Crippen molar-refractivity contribution in [3.05, 3.63) is 157 Å². The second kappa shape index (κ2) is 10.4. The lowest BCUT2D eigenvalue weighted by molar-refractivity contribution is 0.669. The Balaban J connectivity index is 1.28. The number of rotatable bonds is 4. The van der Waals surface area contributed by atoms with Crippen LogP contribution in [0.3, 0.4) is 0 Å². The maximum atomic E-state index is 10.4. The molecule has 2 aromatic heterocycles. The van der Waals surface area contributed by atoms with Crippen molar-refractivity contribution in [2.45, 2.75) is 0 Å². The Labute approximate surface area is 265 Å². The molecule has 3 heteroatoms. The van der Waals surface area contributed by atoms with Crippen LogP contribution >= 0.6 is 0 Å². The lowest BCUT2D eigenvalue weighted by Gasteiger charge is -2.13. The van der Waals surface area contributed by atoms with E-state index in [4.69, 9.17) is 8.83 Å². The fourth-order valence-electron chi connectivity index (χ4n) is 6.68. The highest BCUT2D eigenvalue weighted by Gasteiger charge is 2.17. The van der Waals surface area contributed by atoms with Crippen LogP contribution in [0.5, 0.6) is 0 Å². The van der Waals surface area contributed by atoms with Crippen molar-refractivity contribution in [1.82, 2.24) is 0 Å². The number of para-hydroxylation sites is 3. The summed E-state index contributed by atoms with van der Waals surface area (Å²) in [7, 11) is 0. The van der Waals surface area contributed by atoms with Crippen molar-refractivity contribution in [2.24, 2.45) is 0 Å². The van der Waals surface area contributed by atoms with Gasteiger partial charge in [-0.2, -0.15) is 5.26 Å². The number of nitrogens with zero attached hydrogens (tertiary/aromatic N) is 1. The topological polar surface area (TPSA) is 50.1 Å². The van der Waals surface area contributed by atoms with Crippen LogP contribution in [0.1, 0.15) is 5.56 Å². The quantitative estimate of drug-likeness (QED) is 0.206. The highest BCUT2D eigenvalue weighted by atomic mass is 16.3. The van der Waals surface area contributed by atoms with Crippen LogP contribution < -0.4 is 0 Å². The molecule has 0 aliphatic rings. The smallest absolute Gasteiger partial charge is 0.143 e. The summed E-state index contributed by atoms with van der Waals surface area (Å²) in [5.41, 5.74) is 12.1. The van der Waals surface area contributed by atoms with Gasteiger partial charge in [-0.1, -0.05) is 103 Å².